The van der Waals surface area contributed by atoms with E-state index < -0.39 is 18.5 Å². The van der Waals surface area contributed by atoms with Gasteiger partial charge in [0.25, 0.3) is 5.91 Å². The summed E-state index contributed by atoms with van der Waals surface area (Å²) in [7, 11) is 3.03. The molecule has 26 heavy (non-hydrogen) atoms. The topological polar surface area (TPSA) is 73.9 Å². The van der Waals surface area contributed by atoms with Gasteiger partial charge in [-0.2, -0.15) is 0 Å². The number of esters is 1. The van der Waals surface area contributed by atoms with Crippen LogP contribution in [-0.4, -0.2) is 32.7 Å². The van der Waals surface area contributed by atoms with Gasteiger partial charge in [-0.15, -0.1) is 0 Å². The van der Waals surface area contributed by atoms with Crippen LogP contribution in [0.1, 0.15) is 5.56 Å². The lowest BCUT2D eigenvalue weighted by molar-refractivity contribution is -0.142. The lowest BCUT2D eigenvalue weighted by Crippen LogP contribution is -2.20. The highest BCUT2D eigenvalue weighted by atomic mass is 35.5. The van der Waals surface area contributed by atoms with Gasteiger partial charge in [0, 0.05) is 22.3 Å². The summed E-state index contributed by atoms with van der Waals surface area (Å²) >= 11 is 5.84. The number of nitrogens with one attached hydrogen (secondary N) is 1. The van der Waals surface area contributed by atoms with Crippen LogP contribution < -0.4 is 14.8 Å². The minimum absolute atomic E-state index is 0.412. The van der Waals surface area contributed by atoms with Crippen LogP contribution in [0.2, 0.25) is 5.02 Å². The minimum atomic E-state index is -0.656. The lowest BCUT2D eigenvalue weighted by atomic mass is 10.1. The summed E-state index contributed by atoms with van der Waals surface area (Å²) in [6.07, 6.45) is 2.74. The Bertz CT molecular complexity index is 819. The monoisotopic (exact) mass is 375 g/mol. The van der Waals surface area contributed by atoms with E-state index in [1.54, 1.807) is 42.5 Å². The molecule has 0 saturated heterocycles. The second kappa shape index (κ2) is 9.48. The Morgan fingerprint density at radius 3 is 2.58 bits per heavy atom. The highest BCUT2D eigenvalue weighted by Crippen LogP contribution is 2.31. The fraction of sp³-hybridized carbons (Fsp3) is 0.158. The maximum atomic E-state index is 11.8. The van der Waals surface area contributed by atoms with Crippen molar-refractivity contribution in [3.05, 3.63) is 59.1 Å². The summed E-state index contributed by atoms with van der Waals surface area (Å²) in [4.78, 5) is 23.6. The quantitative estimate of drug-likeness (QED) is 0.591. The second-order valence-corrected chi connectivity index (χ2v) is 5.52. The zero-order valence-corrected chi connectivity index (χ0v) is 15.1. The van der Waals surface area contributed by atoms with Crippen LogP contribution in [0.5, 0.6) is 11.5 Å². The van der Waals surface area contributed by atoms with Gasteiger partial charge in [-0.3, -0.25) is 4.79 Å². The number of carbonyl (C=O) groups is 2. The third kappa shape index (κ3) is 5.53. The molecule has 6 nitrogen and oxygen atoms in total. The third-order valence-corrected chi connectivity index (χ3v) is 3.52. The van der Waals surface area contributed by atoms with Crippen LogP contribution in [0, 0.1) is 0 Å². The van der Waals surface area contributed by atoms with Crippen molar-refractivity contribution in [2.45, 2.75) is 0 Å². The molecule has 1 N–H and O–H groups in total. The van der Waals surface area contributed by atoms with Crippen molar-refractivity contribution in [2.24, 2.45) is 0 Å². The van der Waals surface area contributed by atoms with Gasteiger partial charge in [0.15, 0.2) is 18.1 Å². The number of hydrogen-bond acceptors (Lipinski definition) is 5. The largest absolute Gasteiger partial charge is 0.493 e. The van der Waals surface area contributed by atoms with Crippen molar-refractivity contribution in [3.8, 4) is 11.5 Å². The number of carbonyl (C=O) groups excluding carboxylic acids is 2. The molecule has 0 fully saturated rings. The number of amides is 1. The Morgan fingerprint density at radius 2 is 1.88 bits per heavy atom. The predicted molar refractivity (Wildman–Crippen MR) is 99.6 cm³/mol. The van der Waals surface area contributed by atoms with Gasteiger partial charge in [-0.25, -0.2) is 4.79 Å². The molecule has 0 radical (unpaired) electrons. The summed E-state index contributed by atoms with van der Waals surface area (Å²) < 4.78 is 15.4. The molecule has 2 rings (SSSR count). The molecule has 0 aliphatic rings. The summed E-state index contributed by atoms with van der Waals surface area (Å²) in [5, 5.41) is 3.08. The Balaban J connectivity index is 1.90. The molecule has 0 aromatic heterocycles. The Labute approximate surface area is 156 Å². The number of methoxy groups -OCH3 is 2. The predicted octanol–water partition coefficient (Wildman–Crippen LogP) is 3.55. The van der Waals surface area contributed by atoms with Gasteiger partial charge in [0.2, 0.25) is 0 Å². The van der Waals surface area contributed by atoms with Crippen LogP contribution in [0.4, 0.5) is 5.69 Å². The van der Waals surface area contributed by atoms with E-state index in [2.05, 4.69) is 5.32 Å². The third-order valence-electron chi connectivity index (χ3n) is 3.29. The second-order valence-electron chi connectivity index (χ2n) is 5.08. The highest BCUT2D eigenvalue weighted by Gasteiger charge is 2.09. The van der Waals surface area contributed by atoms with Crippen molar-refractivity contribution in [3.63, 3.8) is 0 Å². The zero-order chi connectivity index (χ0) is 18.9. The first kappa shape index (κ1) is 19.3. The molecule has 0 atom stereocenters. The SMILES string of the molecule is COc1cccc(/C=C/C(=O)OCC(=O)Nc2cccc(Cl)c2)c1OC. The normalized spacial score (nSPS) is 10.4. The Kier molecular flexibility index (Phi) is 7.05. The summed E-state index contributed by atoms with van der Waals surface area (Å²) in [6.45, 7) is -0.412. The maximum Gasteiger partial charge on any atom is 0.331 e. The van der Waals surface area contributed by atoms with Crippen molar-refractivity contribution in [2.75, 3.05) is 26.1 Å². The number of rotatable bonds is 7. The van der Waals surface area contributed by atoms with E-state index >= 15 is 0 Å². The van der Waals surface area contributed by atoms with Crippen molar-refractivity contribution in [1.29, 1.82) is 0 Å². The van der Waals surface area contributed by atoms with Gasteiger partial charge >= 0.3 is 5.97 Å². The van der Waals surface area contributed by atoms with Gasteiger partial charge in [0.05, 0.1) is 14.2 Å². The molecule has 2 aromatic carbocycles. The van der Waals surface area contributed by atoms with Crippen LogP contribution >= 0.6 is 11.6 Å². The number of para-hydroxylation sites is 1. The summed E-state index contributed by atoms with van der Waals surface area (Å²) in [5.41, 5.74) is 1.17. The highest BCUT2D eigenvalue weighted by molar-refractivity contribution is 6.30. The molecule has 136 valence electrons. The van der Waals surface area contributed by atoms with Crippen LogP contribution in [0.15, 0.2) is 48.5 Å². The molecule has 0 saturated carbocycles. The van der Waals surface area contributed by atoms with E-state index in [0.717, 1.165) is 0 Å². The molecule has 0 spiro atoms. The molecule has 0 unspecified atom stereocenters. The van der Waals surface area contributed by atoms with Crippen molar-refractivity contribution >= 4 is 35.2 Å². The molecular weight excluding hydrogens is 358 g/mol. The van der Waals surface area contributed by atoms with E-state index in [1.807, 2.05) is 0 Å². The van der Waals surface area contributed by atoms with Gasteiger partial charge in [0.1, 0.15) is 0 Å². The van der Waals surface area contributed by atoms with Crippen molar-refractivity contribution in [1.82, 2.24) is 0 Å². The van der Waals surface area contributed by atoms with E-state index in [9.17, 15) is 9.59 Å². The minimum Gasteiger partial charge on any atom is -0.493 e. The first-order valence-corrected chi connectivity index (χ1v) is 8.02. The average Bonchev–Trinajstić information content (AvgIpc) is 2.64. The molecule has 1 amide bonds. The maximum absolute atomic E-state index is 11.8. The number of anilines is 1. The smallest absolute Gasteiger partial charge is 0.331 e. The molecular formula is C19H18ClNO5. The van der Waals surface area contributed by atoms with Crippen LogP contribution in [0.25, 0.3) is 6.08 Å². The first-order valence-electron chi connectivity index (χ1n) is 7.64. The molecule has 0 aliphatic carbocycles. The van der Waals surface area contributed by atoms with Gasteiger partial charge in [-0.1, -0.05) is 29.8 Å². The first-order chi connectivity index (χ1) is 12.5. The van der Waals surface area contributed by atoms with Gasteiger partial charge < -0.3 is 19.5 Å². The molecule has 0 heterocycles. The summed E-state index contributed by atoms with van der Waals surface area (Å²) in [6, 6.07) is 11.9. The lowest BCUT2D eigenvalue weighted by Gasteiger charge is -2.09. The number of benzene rings is 2. The number of halogens is 1. The average molecular weight is 376 g/mol. The molecule has 0 bridgehead atoms. The molecule has 0 aliphatic heterocycles. The van der Waals surface area contributed by atoms with Crippen LogP contribution in [-0.2, 0) is 14.3 Å². The standard InChI is InChI=1S/C19H18ClNO5/c1-24-16-8-3-5-13(19(16)25-2)9-10-18(23)26-12-17(22)21-15-7-4-6-14(20)11-15/h3-11H,12H2,1-2H3,(H,21,22)/b10-9+. The fourth-order valence-electron chi connectivity index (χ4n) is 2.15. The fourth-order valence-corrected chi connectivity index (χ4v) is 2.34. The van der Waals surface area contributed by atoms with E-state index in [-0.39, 0.29) is 0 Å². The van der Waals surface area contributed by atoms with E-state index in [4.69, 9.17) is 25.8 Å². The molecule has 7 heteroatoms. The Morgan fingerprint density at radius 1 is 1.12 bits per heavy atom. The van der Waals surface area contributed by atoms with Crippen molar-refractivity contribution < 1.29 is 23.8 Å². The van der Waals surface area contributed by atoms with Gasteiger partial charge in [-0.05, 0) is 30.3 Å². The van der Waals surface area contributed by atoms with Crippen LogP contribution in [0.3, 0.4) is 0 Å². The Hall–Kier alpha value is -2.99. The van der Waals surface area contributed by atoms with E-state index in [0.29, 0.717) is 27.8 Å². The zero-order valence-electron chi connectivity index (χ0n) is 14.3. The summed E-state index contributed by atoms with van der Waals surface area (Å²) in [5.74, 6) is -0.0780. The number of ether oxygens (including phenoxy) is 3. The molecule has 2 aromatic rings. The number of hydrogen-bond donors (Lipinski definition) is 1. The van der Waals surface area contributed by atoms with E-state index in [1.165, 1.54) is 26.4 Å².